The second kappa shape index (κ2) is 9.39. The molecule has 1 heterocycles. The van der Waals surface area contributed by atoms with Crippen LogP contribution in [-0.4, -0.2) is 45.5 Å². The summed E-state index contributed by atoms with van der Waals surface area (Å²) in [6, 6.07) is 11.2. The predicted molar refractivity (Wildman–Crippen MR) is 111 cm³/mol. The molecular weight excluding hydrogens is 433 g/mol. The zero-order chi connectivity index (χ0) is 22.6. The fourth-order valence-corrected chi connectivity index (χ4v) is 4.65. The van der Waals surface area contributed by atoms with Crippen molar-refractivity contribution < 1.29 is 31.2 Å². The molecule has 31 heavy (non-hydrogen) atoms. The number of benzene rings is 2. The number of ether oxygens (including phenoxy) is 1. The first kappa shape index (κ1) is 23.3. The molecule has 0 amide bonds. The molecule has 0 spiro atoms. The van der Waals surface area contributed by atoms with Crippen molar-refractivity contribution >= 4 is 16.1 Å². The fraction of sp³-hybridized carbons (Fsp3) is 0.333. The number of likely N-dealkylation sites (N-methyl/N-ethyl adjacent to an activating group) is 1. The molecule has 168 valence electrons. The highest BCUT2D eigenvalue weighted by Gasteiger charge is 2.40. The summed E-state index contributed by atoms with van der Waals surface area (Å²) in [5.41, 5.74) is 0.249. The molecule has 0 aliphatic carbocycles. The third-order valence-corrected chi connectivity index (χ3v) is 6.73. The van der Waals surface area contributed by atoms with Gasteiger partial charge in [0, 0.05) is 13.6 Å². The number of hydroxylamine groups is 2. The summed E-state index contributed by atoms with van der Waals surface area (Å²) in [6.07, 6.45) is -0.984. The summed E-state index contributed by atoms with van der Waals surface area (Å²) in [4.78, 5) is 5.40. The lowest BCUT2D eigenvalue weighted by molar-refractivity contribution is -0.137. The highest BCUT2D eigenvalue weighted by atomic mass is 32.2. The summed E-state index contributed by atoms with van der Waals surface area (Å²) >= 11 is 0. The Balaban J connectivity index is 1.71. The average molecular weight is 456 g/mol. The minimum atomic E-state index is -4.49. The molecular formula is C21H23F3N2O4S. The van der Waals surface area contributed by atoms with E-state index in [0.29, 0.717) is 5.75 Å². The van der Waals surface area contributed by atoms with E-state index in [2.05, 4.69) is 4.72 Å². The van der Waals surface area contributed by atoms with Crippen molar-refractivity contribution in [2.75, 3.05) is 20.8 Å². The third-order valence-electron chi connectivity index (χ3n) is 4.98. The van der Waals surface area contributed by atoms with Crippen LogP contribution in [0.1, 0.15) is 16.7 Å². The Morgan fingerprint density at radius 1 is 1.23 bits per heavy atom. The number of sulfonamides is 1. The van der Waals surface area contributed by atoms with Crippen molar-refractivity contribution in [3.63, 3.8) is 0 Å². The Labute approximate surface area is 179 Å². The van der Waals surface area contributed by atoms with Gasteiger partial charge >= 0.3 is 6.18 Å². The second-order valence-electron chi connectivity index (χ2n) is 7.07. The van der Waals surface area contributed by atoms with E-state index >= 15 is 0 Å². The summed E-state index contributed by atoms with van der Waals surface area (Å²) in [7, 11) is -0.676. The van der Waals surface area contributed by atoms with Crippen LogP contribution in [0.15, 0.2) is 54.6 Å². The van der Waals surface area contributed by atoms with E-state index in [1.54, 1.807) is 38.4 Å². The van der Waals surface area contributed by atoms with Gasteiger partial charge in [-0.05, 0) is 29.3 Å². The normalized spacial score (nSPS) is 20.4. The van der Waals surface area contributed by atoms with Crippen LogP contribution >= 0.6 is 0 Å². The van der Waals surface area contributed by atoms with Crippen molar-refractivity contribution in [2.45, 2.75) is 24.0 Å². The minimum absolute atomic E-state index is 0.0634. The molecule has 1 saturated heterocycles. The van der Waals surface area contributed by atoms with Gasteiger partial charge in [0.25, 0.3) is 0 Å². The van der Waals surface area contributed by atoms with Crippen LogP contribution in [0.5, 0.6) is 5.75 Å². The number of halogens is 3. The summed E-state index contributed by atoms with van der Waals surface area (Å²) in [5.74, 6) is 0.706. The highest BCUT2D eigenvalue weighted by Crippen LogP contribution is 2.29. The molecule has 1 aliphatic heterocycles. The lowest BCUT2D eigenvalue weighted by Gasteiger charge is -2.19. The van der Waals surface area contributed by atoms with E-state index < -0.39 is 33.1 Å². The smallest absolute Gasteiger partial charge is 0.416 e. The van der Waals surface area contributed by atoms with Gasteiger partial charge < -0.3 is 4.74 Å². The van der Waals surface area contributed by atoms with E-state index in [-0.39, 0.29) is 18.7 Å². The van der Waals surface area contributed by atoms with Crippen LogP contribution in [0.2, 0.25) is 0 Å². The van der Waals surface area contributed by atoms with Crippen LogP contribution in [0.4, 0.5) is 13.2 Å². The van der Waals surface area contributed by atoms with Crippen molar-refractivity contribution in [2.24, 2.45) is 0 Å². The SMILES string of the molecule is COc1ccc(/C=C/C2C(S(=O)(=O)NCc3cccc(C(F)(F)F)c3)CON2C)cc1. The van der Waals surface area contributed by atoms with Gasteiger partial charge in [0.05, 0.1) is 25.3 Å². The topological polar surface area (TPSA) is 67.9 Å². The number of rotatable bonds is 7. The first-order valence-electron chi connectivity index (χ1n) is 9.43. The number of alkyl halides is 3. The van der Waals surface area contributed by atoms with Crippen LogP contribution < -0.4 is 9.46 Å². The van der Waals surface area contributed by atoms with Crippen molar-refractivity contribution in [1.82, 2.24) is 9.79 Å². The predicted octanol–water partition coefficient (Wildman–Crippen LogP) is 3.46. The van der Waals surface area contributed by atoms with Gasteiger partial charge in [-0.1, -0.05) is 42.5 Å². The number of nitrogens with one attached hydrogen (secondary N) is 1. The molecule has 6 nitrogen and oxygen atoms in total. The first-order valence-corrected chi connectivity index (χ1v) is 11.0. The Hall–Kier alpha value is -2.40. The van der Waals surface area contributed by atoms with Crippen molar-refractivity contribution in [1.29, 1.82) is 0 Å². The molecule has 0 saturated carbocycles. The molecule has 1 aliphatic rings. The lowest BCUT2D eigenvalue weighted by Crippen LogP contribution is -2.42. The Morgan fingerprint density at radius 2 is 1.94 bits per heavy atom. The molecule has 2 unspecified atom stereocenters. The Kier molecular flexibility index (Phi) is 7.05. The maximum Gasteiger partial charge on any atom is 0.416 e. The summed E-state index contributed by atoms with van der Waals surface area (Å²) in [6.45, 7) is -0.312. The number of nitrogens with zero attached hydrogens (tertiary/aromatic N) is 1. The zero-order valence-corrected chi connectivity index (χ0v) is 17.8. The maximum atomic E-state index is 12.9. The van der Waals surface area contributed by atoms with Gasteiger partial charge in [-0.25, -0.2) is 13.1 Å². The van der Waals surface area contributed by atoms with Crippen LogP contribution in [0.3, 0.4) is 0 Å². The third kappa shape index (κ3) is 5.85. The molecule has 2 aromatic carbocycles. The number of hydrogen-bond donors (Lipinski definition) is 1. The van der Waals surface area contributed by atoms with E-state index in [4.69, 9.17) is 9.57 Å². The molecule has 1 N–H and O–H groups in total. The standard InChI is InChI=1S/C21H23F3N2O4S/c1-26-19(11-8-15-6-9-18(29-2)10-7-15)20(14-30-26)31(27,28)25-13-16-4-3-5-17(12-16)21(22,23)24/h3-12,19-20,25H,13-14H2,1-2H3/b11-8+. The molecule has 2 aromatic rings. The van der Waals surface area contributed by atoms with Gasteiger partial charge in [0.1, 0.15) is 11.0 Å². The van der Waals surface area contributed by atoms with Crippen molar-refractivity contribution in [3.05, 3.63) is 71.3 Å². The quantitative estimate of drug-likeness (QED) is 0.691. The molecule has 0 radical (unpaired) electrons. The highest BCUT2D eigenvalue weighted by molar-refractivity contribution is 7.90. The van der Waals surface area contributed by atoms with Crippen LogP contribution in [0.25, 0.3) is 6.08 Å². The number of hydrogen-bond acceptors (Lipinski definition) is 5. The first-order chi connectivity index (χ1) is 14.6. The van der Waals surface area contributed by atoms with E-state index in [1.165, 1.54) is 17.2 Å². The minimum Gasteiger partial charge on any atom is -0.497 e. The largest absolute Gasteiger partial charge is 0.497 e. The van der Waals surface area contributed by atoms with E-state index in [1.807, 2.05) is 12.1 Å². The molecule has 1 fully saturated rings. The van der Waals surface area contributed by atoms with E-state index in [9.17, 15) is 21.6 Å². The Morgan fingerprint density at radius 3 is 2.58 bits per heavy atom. The van der Waals surface area contributed by atoms with Gasteiger partial charge in [-0.15, -0.1) is 0 Å². The second-order valence-corrected chi connectivity index (χ2v) is 9.05. The lowest BCUT2D eigenvalue weighted by atomic mass is 10.1. The van der Waals surface area contributed by atoms with E-state index in [0.717, 1.165) is 17.7 Å². The van der Waals surface area contributed by atoms with Gasteiger partial charge in [0.15, 0.2) is 0 Å². The van der Waals surface area contributed by atoms with Crippen LogP contribution in [-0.2, 0) is 27.6 Å². The van der Waals surface area contributed by atoms with Gasteiger partial charge in [0.2, 0.25) is 10.0 Å². The summed E-state index contributed by atoms with van der Waals surface area (Å²) in [5, 5.41) is 0.534. The average Bonchev–Trinajstić information content (AvgIpc) is 3.12. The molecule has 10 heteroatoms. The van der Waals surface area contributed by atoms with Crippen LogP contribution in [0, 0.1) is 0 Å². The maximum absolute atomic E-state index is 12.9. The molecule has 0 bridgehead atoms. The number of methoxy groups -OCH3 is 1. The summed E-state index contributed by atoms with van der Waals surface area (Å²) < 4.78 is 71.8. The van der Waals surface area contributed by atoms with Crippen molar-refractivity contribution in [3.8, 4) is 5.75 Å². The zero-order valence-electron chi connectivity index (χ0n) is 17.0. The monoisotopic (exact) mass is 456 g/mol. The molecule has 2 atom stereocenters. The van der Waals surface area contributed by atoms with Gasteiger partial charge in [-0.2, -0.15) is 18.2 Å². The van der Waals surface area contributed by atoms with Gasteiger partial charge in [-0.3, -0.25) is 4.84 Å². The fourth-order valence-electron chi connectivity index (χ4n) is 3.20. The molecule has 0 aromatic heterocycles. The Bertz CT molecular complexity index is 1020. The molecule has 3 rings (SSSR count).